The van der Waals surface area contributed by atoms with Gasteiger partial charge in [-0.15, -0.1) is 0 Å². The second-order valence-electron chi connectivity index (χ2n) is 6.11. The van der Waals surface area contributed by atoms with Gasteiger partial charge in [0, 0.05) is 30.4 Å². The third-order valence-electron chi connectivity index (χ3n) is 4.12. The first kappa shape index (κ1) is 19.1. The van der Waals surface area contributed by atoms with Gasteiger partial charge in [-0.05, 0) is 31.0 Å². The fourth-order valence-electron chi connectivity index (χ4n) is 2.74. The van der Waals surface area contributed by atoms with E-state index >= 15 is 0 Å². The molecule has 0 spiro atoms. The fourth-order valence-corrected chi connectivity index (χ4v) is 3.54. The van der Waals surface area contributed by atoms with Gasteiger partial charge in [-0.3, -0.25) is 4.79 Å². The van der Waals surface area contributed by atoms with Gasteiger partial charge in [0.15, 0.2) is 5.78 Å². The molecule has 2 rings (SSSR count). The Morgan fingerprint density at radius 1 is 1.16 bits per heavy atom. The number of nitrogens with zero attached hydrogens (tertiary/aromatic N) is 1. The molecule has 0 radical (unpaired) electrons. The summed E-state index contributed by atoms with van der Waals surface area (Å²) in [6, 6.07) is 12.4. The van der Waals surface area contributed by atoms with E-state index in [1.165, 1.54) is 13.0 Å². The smallest absolute Gasteiger partial charge is 0.238 e. The maximum absolute atomic E-state index is 12.2. The minimum Gasteiger partial charge on any atom is -0.374 e. The number of carbonyl (C=O) groups is 1. The Hall–Kier alpha value is -2.18. The number of hydrogen-bond donors (Lipinski definition) is 1. The predicted octanol–water partition coefficient (Wildman–Crippen LogP) is 3.44. The summed E-state index contributed by atoms with van der Waals surface area (Å²) < 4.78 is 24.5. The van der Waals surface area contributed by atoms with Crippen LogP contribution in [0.5, 0.6) is 0 Å². The van der Waals surface area contributed by atoms with Crippen LogP contribution in [0.2, 0.25) is 0 Å². The number of anilines is 1. The van der Waals surface area contributed by atoms with Crippen LogP contribution in [0.3, 0.4) is 0 Å². The molecule has 0 heterocycles. The van der Waals surface area contributed by atoms with Crippen molar-refractivity contribution < 1.29 is 13.2 Å². The molecular weight excluding hydrogens is 336 g/mol. The maximum atomic E-state index is 12.2. The Balaban J connectivity index is 2.82. The summed E-state index contributed by atoms with van der Waals surface area (Å²) in [7, 11) is -2.10. The van der Waals surface area contributed by atoms with E-state index in [1.54, 1.807) is 6.07 Å². The molecule has 0 fully saturated rings. The molecule has 0 bridgehead atoms. The van der Waals surface area contributed by atoms with Crippen LogP contribution in [0.25, 0.3) is 11.1 Å². The summed E-state index contributed by atoms with van der Waals surface area (Å²) in [5.41, 5.74) is 2.31. The van der Waals surface area contributed by atoms with Gasteiger partial charge in [0.25, 0.3) is 0 Å². The molecule has 5 nitrogen and oxygen atoms in total. The van der Waals surface area contributed by atoms with Gasteiger partial charge in [0.1, 0.15) is 0 Å². The first-order valence-corrected chi connectivity index (χ1v) is 9.78. The molecular formula is C19H24N2O3S. The molecule has 0 aromatic heterocycles. The molecule has 2 N–H and O–H groups in total. The number of ketones is 1. The van der Waals surface area contributed by atoms with E-state index < -0.39 is 10.0 Å². The van der Waals surface area contributed by atoms with E-state index in [0.29, 0.717) is 16.8 Å². The Labute approximate surface area is 149 Å². The summed E-state index contributed by atoms with van der Waals surface area (Å²) in [4.78, 5) is 13.9. The molecule has 134 valence electrons. The van der Waals surface area contributed by atoms with Gasteiger partial charge < -0.3 is 4.90 Å². The first-order valence-electron chi connectivity index (χ1n) is 8.24. The molecule has 0 atom stereocenters. The second-order valence-corrected chi connectivity index (χ2v) is 7.64. The zero-order valence-electron chi connectivity index (χ0n) is 14.8. The van der Waals surface area contributed by atoms with Crippen LogP contribution in [0.4, 0.5) is 5.69 Å². The summed E-state index contributed by atoms with van der Waals surface area (Å²) >= 11 is 0. The summed E-state index contributed by atoms with van der Waals surface area (Å²) in [6.07, 6.45) is 1.97. The highest BCUT2D eigenvalue weighted by Crippen LogP contribution is 2.37. The summed E-state index contributed by atoms with van der Waals surface area (Å²) in [6.45, 7) is 4.26. The lowest BCUT2D eigenvalue weighted by atomic mass is 9.99. The number of Topliss-reactive ketones (excluding diaryl/α,β-unsaturated/α-hetero) is 1. The standard InChI is InChI=1S/C19H24N2O3S/c1-4-5-11-21(3)17-12-16(14(2)22)13-18(25(20,23)24)19(17)15-9-7-6-8-10-15/h6-10,12-13H,4-5,11H2,1-3H3,(H2,20,23,24). The topological polar surface area (TPSA) is 80.5 Å². The lowest BCUT2D eigenvalue weighted by molar-refractivity contribution is 0.101. The van der Waals surface area contributed by atoms with E-state index in [2.05, 4.69) is 6.92 Å². The highest BCUT2D eigenvalue weighted by atomic mass is 32.2. The van der Waals surface area contributed by atoms with Crippen LogP contribution < -0.4 is 10.0 Å². The van der Waals surface area contributed by atoms with E-state index in [4.69, 9.17) is 5.14 Å². The van der Waals surface area contributed by atoms with Crippen LogP contribution in [0.15, 0.2) is 47.4 Å². The molecule has 0 amide bonds. The highest BCUT2D eigenvalue weighted by Gasteiger charge is 2.23. The van der Waals surface area contributed by atoms with Gasteiger partial charge in [-0.25, -0.2) is 13.6 Å². The van der Waals surface area contributed by atoms with E-state index in [-0.39, 0.29) is 10.7 Å². The molecule has 25 heavy (non-hydrogen) atoms. The molecule has 0 saturated carbocycles. The fraction of sp³-hybridized carbons (Fsp3) is 0.316. The number of sulfonamides is 1. The number of benzene rings is 2. The van der Waals surface area contributed by atoms with Crippen molar-refractivity contribution >= 4 is 21.5 Å². The van der Waals surface area contributed by atoms with Crippen LogP contribution in [0.1, 0.15) is 37.0 Å². The third kappa shape index (κ3) is 4.46. The number of hydrogen-bond acceptors (Lipinski definition) is 4. The first-order chi connectivity index (χ1) is 11.8. The molecule has 2 aromatic rings. The molecule has 0 saturated heterocycles. The Morgan fingerprint density at radius 3 is 2.32 bits per heavy atom. The quantitative estimate of drug-likeness (QED) is 0.767. The average Bonchev–Trinajstić information content (AvgIpc) is 2.58. The van der Waals surface area contributed by atoms with Gasteiger partial charge >= 0.3 is 0 Å². The van der Waals surface area contributed by atoms with Crippen molar-refractivity contribution in [1.82, 2.24) is 0 Å². The van der Waals surface area contributed by atoms with E-state index in [9.17, 15) is 13.2 Å². The SMILES string of the molecule is CCCCN(C)c1cc(C(C)=O)cc(S(N)(=O)=O)c1-c1ccccc1. The normalized spacial score (nSPS) is 11.4. The van der Waals surface area contributed by atoms with Crippen molar-refractivity contribution in [3.63, 3.8) is 0 Å². The average molecular weight is 360 g/mol. The monoisotopic (exact) mass is 360 g/mol. The summed E-state index contributed by atoms with van der Waals surface area (Å²) in [5, 5.41) is 5.48. The van der Waals surface area contributed by atoms with E-state index in [1.807, 2.05) is 42.3 Å². The Bertz CT molecular complexity index is 862. The van der Waals surface area contributed by atoms with Gasteiger partial charge in [-0.1, -0.05) is 43.7 Å². The zero-order valence-corrected chi connectivity index (χ0v) is 15.6. The van der Waals surface area contributed by atoms with Crippen LogP contribution in [-0.2, 0) is 10.0 Å². The molecule has 6 heteroatoms. The van der Waals surface area contributed by atoms with Gasteiger partial charge in [-0.2, -0.15) is 0 Å². The highest BCUT2D eigenvalue weighted by molar-refractivity contribution is 7.89. The minimum atomic E-state index is -3.99. The number of nitrogens with two attached hydrogens (primary N) is 1. The van der Waals surface area contributed by atoms with Crippen LogP contribution in [-0.4, -0.2) is 27.8 Å². The van der Waals surface area contributed by atoms with Crippen LogP contribution in [0, 0.1) is 0 Å². The molecule has 2 aromatic carbocycles. The van der Waals surface area contributed by atoms with E-state index in [0.717, 1.165) is 24.9 Å². The number of rotatable bonds is 7. The van der Waals surface area contributed by atoms with Gasteiger partial charge in [0.05, 0.1) is 4.90 Å². The molecule has 0 aliphatic rings. The number of unbranched alkanes of at least 4 members (excludes halogenated alkanes) is 1. The lowest BCUT2D eigenvalue weighted by Crippen LogP contribution is -2.22. The molecule has 0 unspecified atom stereocenters. The zero-order chi connectivity index (χ0) is 18.6. The predicted molar refractivity (Wildman–Crippen MR) is 101 cm³/mol. The lowest BCUT2D eigenvalue weighted by Gasteiger charge is -2.25. The minimum absolute atomic E-state index is 0.0234. The van der Waals surface area contributed by atoms with Crippen molar-refractivity contribution in [2.24, 2.45) is 5.14 Å². The summed E-state index contributed by atoms with van der Waals surface area (Å²) in [5.74, 6) is -0.199. The van der Waals surface area contributed by atoms with Crippen molar-refractivity contribution in [1.29, 1.82) is 0 Å². The van der Waals surface area contributed by atoms with Crippen molar-refractivity contribution in [3.8, 4) is 11.1 Å². The van der Waals surface area contributed by atoms with Crippen molar-refractivity contribution in [2.75, 3.05) is 18.5 Å². The Morgan fingerprint density at radius 2 is 1.80 bits per heavy atom. The van der Waals surface area contributed by atoms with Crippen molar-refractivity contribution in [2.45, 2.75) is 31.6 Å². The van der Waals surface area contributed by atoms with Crippen LogP contribution >= 0.6 is 0 Å². The molecule has 0 aliphatic heterocycles. The Kier molecular flexibility index (Phi) is 5.98. The third-order valence-corrected chi connectivity index (χ3v) is 5.05. The van der Waals surface area contributed by atoms with Gasteiger partial charge in [0.2, 0.25) is 10.0 Å². The number of primary sulfonamides is 1. The largest absolute Gasteiger partial charge is 0.374 e. The molecule has 0 aliphatic carbocycles. The second kappa shape index (κ2) is 7.80. The van der Waals surface area contributed by atoms with Crippen molar-refractivity contribution in [3.05, 3.63) is 48.0 Å². The number of carbonyl (C=O) groups excluding carboxylic acids is 1. The maximum Gasteiger partial charge on any atom is 0.238 e.